The van der Waals surface area contributed by atoms with Gasteiger partial charge < -0.3 is 0 Å². The normalized spacial score (nSPS) is 11.1. The fourth-order valence-corrected chi connectivity index (χ4v) is 1.12. The molecule has 1 aromatic carbocycles. The summed E-state index contributed by atoms with van der Waals surface area (Å²) in [6, 6.07) is 9.60. The molecular formula is C9H10O2S. The molecule has 0 spiro atoms. The molecule has 0 radical (unpaired) electrons. The number of rotatable bonds is 3. The highest BCUT2D eigenvalue weighted by Gasteiger charge is 1.82. The van der Waals surface area contributed by atoms with Gasteiger partial charge in [0.25, 0.3) is 0 Å². The van der Waals surface area contributed by atoms with Crippen molar-refractivity contribution >= 4 is 16.8 Å². The van der Waals surface area contributed by atoms with Crippen LogP contribution in [-0.2, 0) is 10.7 Å². The summed E-state index contributed by atoms with van der Waals surface area (Å²) >= 11 is 0. The second-order valence-electron chi connectivity index (χ2n) is 2.33. The van der Waals surface area contributed by atoms with E-state index in [1.165, 1.54) is 0 Å². The summed E-state index contributed by atoms with van der Waals surface area (Å²) in [5, 5.41) is 0. The Kier molecular flexibility index (Phi) is 3.54. The minimum absolute atomic E-state index is 0.115. The summed E-state index contributed by atoms with van der Waals surface area (Å²) in [5.41, 5.74) is 1.02. The molecule has 3 heteroatoms. The Bertz CT molecular complexity index is 318. The van der Waals surface area contributed by atoms with Crippen molar-refractivity contribution in [3.8, 4) is 0 Å². The first-order valence-corrected chi connectivity index (χ1v) is 4.99. The van der Waals surface area contributed by atoms with Gasteiger partial charge in [0.05, 0.1) is 5.75 Å². The fraction of sp³-hybridized carbons (Fsp3) is 0.111. The van der Waals surface area contributed by atoms with Gasteiger partial charge in [0.1, 0.15) is 10.7 Å². The van der Waals surface area contributed by atoms with Crippen molar-refractivity contribution in [2.45, 2.75) is 0 Å². The highest BCUT2D eigenvalue weighted by atomic mass is 32.2. The molecule has 0 aliphatic heterocycles. The largest absolute Gasteiger partial charge is 0.232 e. The molecule has 0 aromatic heterocycles. The maximum absolute atomic E-state index is 10.2. The van der Waals surface area contributed by atoms with Crippen molar-refractivity contribution in [1.29, 1.82) is 0 Å². The molecule has 0 saturated heterocycles. The highest BCUT2D eigenvalue weighted by Crippen LogP contribution is 2.00. The lowest BCUT2D eigenvalue weighted by Gasteiger charge is -1.88. The summed E-state index contributed by atoms with van der Waals surface area (Å²) < 4.78 is 20.4. The van der Waals surface area contributed by atoms with Crippen LogP contribution < -0.4 is 0 Å². The standard InChI is InChI=1S/C9H10O2S/c10-12(11)8-4-7-9-5-2-1-3-6-9/h1-7,12H,8H2. The Balaban J connectivity index is 2.58. The first kappa shape index (κ1) is 9.00. The third kappa shape index (κ3) is 3.34. The van der Waals surface area contributed by atoms with Crippen molar-refractivity contribution in [2.24, 2.45) is 0 Å². The van der Waals surface area contributed by atoms with Gasteiger partial charge in [-0.3, -0.25) is 0 Å². The Morgan fingerprint density at radius 1 is 1.17 bits per heavy atom. The van der Waals surface area contributed by atoms with E-state index in [9.17, 15) is 8.42 Å². The van der Waals surface area contributed by atoms with Crippen LogP contribution in [-0.4, -0.2) is 14.2 Å². The third-order valence-electron chi connectivity index (χ3n) is 1.36. The Morgan fingerprint density at radius 3 is 2.42 bits per heavy atom. The summed E-state index contributed by atoms with van der Waals surface area (Å²) in [7, 11) is -2.28. The number of hydrogen-bond donors (Lipinski definition) is 1. The quantitative estimate of drug-likeness (QED) is 0.715. The molecule has 0 bridgehead atoms. The Labute approximate surface area is 73.5 Å². The van der Waals surface area contributed by atoms with E-state index >= 15 is 0 Å². The van der Waals surface area contributed by atoms with E-state index in [4.69, 9.17) is 0 Å². The monoisotopic (exact) mass is 182 g/mol. The second kappa shape index (κ2) is 4.72. The zero-order valence-corrected chi connectivity index (χ0v) is 7.41. The molecule has 0 unspecified atom stereocenters. The van der Waals surface area contributed by atoms with Crippen LogP contribution in [0.25, 0.3) is 6.08 Å². The summed E-state index contributed by atoms with van der Waals surface area (Å²) in [5.74, 6) is 0.115. The second-order valence-corrected chi connectivity index (χ2v) is 3.36. The molecule has 0 fully saturated rings. The molecule has 0 heterocycles. The molecule has 12 heavy (non-hydrogen) atoms. The van der Waals surface area contributed by atoms with Gasteiger partial charge in [0.15, 0.2) is 0 Å². The van der Waals surface area contributed by atoms with Gasteiger partial charge in [0, 0.05) is 0 Å². The molecule has 0 saturated carbocycles. The van der Waals surface area contributed by atoms with Crippen LogP contribution >= 0.6 is 0 Å². The predicted molar refractivity (Wildman–Crippen MR) is 50.7 cm³/mol. The fourth-order valence-electron chi connectivity index (χ4n) is 0.839. The van der Waals surface area contributed by atoms with Crippen LogP contribution in [0.4, 0.5) is 0 Å². The van der Waals surface area contributed by atoms with Crippen LogP contribution in [0.2, 0.25) is 0 Å². The summed E-state index contributed by atoms with van der Waals surface area (Å²) in [6.07, 6.45) is 3.44. The first-order chi connectivity index (χ1) is 5.79. The lowest BCUT2D eigenvalue weighted by Crippen LogP contribution is -1.79. The molecule has 0 aliphatic carbocycles. The van der Waals surface area contributed by atoms with Crippen LogP contribution in [0.15, 0.2) is 36.4 Å². The smallest absolute Gasteiger partial charge is 0.143 e. The average Bonchev–Trinajstić information content (AvgIpc) is 2.05. The lowest BCUT2D eigenvalue weighted by atomic mass is 10.2. The topological polar surface area (TPSA) is 34.1 Å². The minimum atomic E-state index is -2.28. The summed E-state index contributed by atoms with van der Waals surface area (Å²) in [4.78, 5) is 0. The molecule has 1 rings (SSSR count). The van der Waals surface area contributed by atoms with Crippen LogP contribution in [0.5, 0.6) is 0 Å². The van der Waals surface area contributed by atoms with E-state index in [0.717, 1.165) is 5.56 Å². The Morgan fingerprint density at radius 2 is 1.83 bits per heavy atom. The maximum atomic E-state index is 10.2. The lowest BCUT2D eigenvalue weighted by molar-refractivity contribution is 0.617. The predicted octanol–water partition coefficient (Wildman–Crippen LogP) is 1.31. The first-order valence-electron chi connectivity index (χ1n) is 3.62. The molecule has 0 atom stereocenters. The van der Waals surface area contributed by atoms with E-state index in [1.807, 2.05) is 30.3 Å². The van der Waals surface area contributed by atoms with Gasteiger partial charge in [-0.25, -0.2) is 8.42 Å². The van der Waals surface area contributed by atoms with Gasteiger partial charge in [-0.2, -0.15) is 0 Å². The zero-order chi connectivity index (χ0) is 8.81. The van der Waals surface area contributed by atoms with Gasteiger partial charge in [-0.05, 0) is 5.56 Å². The van der Waals surface area contributed by atoms with Crippen LogP contribution in [0.1, 0.15) is 5.56 Å². The van der Waals surface area contributed by atoms with E-state index < -0.39 is 10.7 Å². The van der Waals surface area contributed by atoms with Gasteiger partial charge in [0.2, 0.25) is 0 Å². The van der Waals surface area contributed by atoms with Gasteiger partial charge in [-0.15, -0.1) is 0 Å². The number of hydrogen-bond acceptors (Lipinski definition) is 2. The highest BCUT2D eigenvalue weighted by molar-refractivity contribution is 7.72. The number of benzene rings is 1. The molecule has 64 valence electrons. The van der Waals surface area contributed by atoms with E-state index in [1.54, 1.807) is 12.2 Å². The third-order valence-corrected chi connectivity index (χ3v) is 1.87. The molecular weight excluding hydrogens is 172 g/mol. The van der Waals surface area contributed by atoms with Crippen molar-refractivity contribution in [2.75, 3.05) is 5.75 Å². The van der Waals surface area contributed by atoms with Crippen molar-refractivity contribution in [3.63, 3.8) is 0 Å². The van der Waals surface area contributed by atoms with Gasteiger partial charge >= 0.3 is 0 Å². The van der Waals surface area contributed by atoms with Crippen LogP contribution in [0, 0.1) is 0 Å². The average molecular weight is 182 g/mol. The van der Waals surface area contributed by atoms with Crippen LogP contribution in [0.3, 0.4) is 0 Å². The molecule has 0 N–H and O–H groups in total. The number of thiol groups is 1. The maximum Gasteiger partial charge on any atom is 0.143 e. The van der Waals surface area contributed by atoms with Crippen molar-refractivity contribution < 1.29 is 8.42 Å². The molecule has 0 amide bonds. The zero-order valence-electron chi connectivity index (χ0n) is 6.51. The van der Waals surface area contributed by atoms with E-state index in [-0.39, 0.29) is 5.75 Å². The molecule has 0 aliphatic rings. The van der Waals surface area contributed by atoms with Crippen molar-refractivity contribution in [1.82, 2.24) is 0 Å². The minimum Gasteiger partial charge on any atom is -0.232 e. The molecule has 2 nitrogen and oxygen atoms in total. The SMILES string of the molecule is O=[SH](=O)CC=Cc1ccccc1. The summed E-state index contributed by atoms with van der Waals surface area (Å²) in [6.45, 7) is 0. The molecule has 1 aromatic rings. The van der Waals surface area contributed by atoms with E-state index in [2.05, 4.69) is 0 Å². The van der Waals surface area contributed by atoms with Gasteiger partial charge in [-0.1, -0.05) is 42.5 Å². The Hall–Kier alpha value is -1.09. The van der Waals surface area contributed by atoms with E-state index in [0.29, 0.717) is 0 Å². The van der Waals surface area contributed by atoms with Crippen molar-refractivity contribution in [3.05, 3.63) is 42.0 Å².